The summed E-state index contributed by atoms with van der Waals surface area (Å²) in [5.74, 6) is 0. The van der Waals surface area contributed by atoms with E-state index in [-0.39, 0.29) is 11.5 Å². The standard InChI is InChI=1S/C9H16O2/c1-2-11-8-6-7(10)9(8)4-3-5-9/h7-8,10H,2-6H2,1H3/t7-,8+/m1/s1. The van der Waals surface area contributed by atoms with E-state index in [1.54, 1.807) is 0 Å². The van der Waals surface area contributed by atoms with Crippen molar-refractivity contribution in [3.63, 3.8) is 0 Å². The van der Waals surface area contributed by atoms with E-state index in [1.807, 2.05) is 6.92 Å². The molecule has 2 saturated carbocycles. The van der Waals surface area contributed by atoms with Gasteiger partial charge in [-0.25, -0.2) is 0 Å². The topological polar surface area (TPSA) is 29.5 Å². The Morgan fingerprint density at radius 3 is 2.64 bits per heavy atom. The van der Waals surface area contributed by atoms with Gasteiger partial charge in [-0.05, 0) is 19.8 Å². The van der Waals surface area contributed by atoms with Gasteiger partial charge in [0.2, 0.25) is 0 Å². The van der Waals surface area contributed by atoms with Crippen molar-refractivity contribution in [2.75, 3.05) is 6.61 Å². The highest BCUT2D eigenvalue weighted by molar-refractivity contribution is 5.08. The molecule has 1 spiro atoms. The van der Waals surface area contributed by atoms with Crippen LogP contribution >= 0.6 is 0 Å². The second-order valence-electron chi connectivity index (χ2n) is 3.78. The molecule has 0 radical (unpaired) electrons. The molecule has 11 heavy (non-hydrogen) atoms. The van der Waals surface area contributed by atoms with Crippen LogP contribution in [0.5, 0.6) is 0 Å². The van der Waals surface area contributed by atoms with Crippen LogP contribution in [-0.4, -0.2) is 23.9 Å². The Labute approximate surface area is 67.6 Å². The molecule has 0 heterocycles. The molecule has 0 bridgehead atoms. The van der Waals surface area contributed by atoms with Crippen LogP contribution in [0.2, 0.25) is 0 Å². The smallest absolute Gasteiger partial charge is 0.0680 e. The molecule has 2 aliphatic carbocycles. The highest BCUT2D eigenvalue weighted by Crippen LogP contribution is 2.57. The maximum absolute atomic E-state index is 9.54. The highest BCUT2D eigenvalue weighted by Gasteiger charge is 2.58. The Bertz CT molecular complexity index is 150. The SMILES string of the molecule is CCO[C@H]1C[C@@H](O)C12CCC2. The maximum atomic E-state index is 9.54. The molecular formula is C9H16O2. The van der Waals surface area contributed by atoms with Crippen molar-refractivity contribution in [1.29, 1.82) is 0 Å². The normalized spacial score (nSPS) is 39.8. The molecular weight excluding hydrogens is 140 g/mol. The quantitative estimate of drug-likeness (QED) is 0.653. The first-order valence-electron chi connectivity index (χ1n) is 4.59. The van der Waals surface area contributed by atoms with Crippen LogP contribution in [0.3, 0.4) is 0 Å². The number of aliphatic hydroxyl groups excluding tert-OH is 1. The summed E-state index contributed by atoms with van der Waals surface area (Å²) in [7, 11) is 0. The van der Waals surface area contributed by atoms with Gasteiger partial charge in [-0.3, -0.25) is 0 Å². The third kappa shape index (κ3) is 0.859. The summed E-state index contributed by atoms with van der Waals surface area (Å²) < 4.78 is 5.55. The molecule has 0 aliphatic heterocycles. The van der Waals surface area contributed by atoms with Crippen molar-refractivity contribution >= 4 is 0 Å². The van der Waals surface area contributed by atoms with E-state index in [2.05, 4.69) is 0 Å². The van der Waals surface area contributed by atoms with Gasteiger partial charge >= 0.3 is 0 Å². The van der Waals surface area contributed by atoms with Gasteiger partial charge in [0.05, 0.1) is 12.2 Å². The number of ether oxygens (including phenoxy) is 1. The molecule has 0 aromatic carbocycles. The molecule has 0 aromatic rings. The van der Waals surface area contributed by atoms with Crippen molar-refractivity contribution in [3.05, 3.63) is 0 Å². The van der Waals surface area contributed by atoms with Crippen molar-refractivity contribution in [1.82, 2.24) is 0 Å². The lowest BCUT2D eigenvalue weighted by atomic mass is 9.52. The Morgan fingerprint density at radius 2 is 2.27 bits per heavy atom. The van der Waals surface area contributed by atoms with E-state index in [4.69, 9.17) is 4.74 Å². The first kappa shape index (κ1) is 7.56. The molecule has 2 atom stereocenters. The predicted molar refractivity (Wildman–Crippen MR) is 42.3 cm³/mol. The summed E-state index contributed by atoms with van der Waals surface area (Å²) in [6, 6.07) is 0. The van der Waals surface area contributed by atoms with Gasteiger partial charge in [-0.1, -0.05) is 6.42 Å². The zero-order valence-electron chi connectivity index (χ0n) is 7.05. The number of hydrogen-bond acceptors (Lipinski definition) is 2. The molecule has 2 rings (SSSR count). The molecule has 0 amide bonds. The number of aliphatic hydroxyl groups is 1. The Hall–Kier alpha value is -0.0800. The van der Waals surface area contributed by atoms with Gasteiger partial charge in [0.15, 0.2) is 0 Å². The molecule has 2 aliphatic rings. The number of rotatable bonds is 2. The molecule has 2 heteroatoms. The zero-order chi connectivity index (χ0) is 7.90. The molecule has 0 saturated heterocycles. The minimum absolute atomic E-state index is 0.0622. The van der Waals surface area contributed by atoms with Gasteiger partial charge in [-0.2, -0.15) is 0 Å². The van der Waals surface area contributed by atoms with Gasteiger partial charge < -0.3 is 9.84 Å². The Kier molecular flexibility index (Phi) is 1.69. The molecule has 2 fully saturated rings. The van der Waals surface area contributed by atoms with Crippen molar-refractivity contribution in [3.8, 4) is 0 Å². The monoisotopic (exact) mass is 156 g/mol. The third-order valence-electron chi connectivity index (χ3n) is 3.39. The Balaban J connectivity index is 1.94. The van der Waals surface area contributed by atoms with E-state index in [1.165, 1.54) is 19.3 Å². The summed E-state index contributed by atoms with van der Waals surface area (Å²) in [6.07, 6.45) is 4.82. The fourth-order valence-electron chi connectivity index (χ4n) is 2.40. The van der Waals surface area contributed by atoms with Crippen LogP contribution in [0.15, 0.2) is 0 Å². The van der Waals surface area contributed by atoms with E-state index < -0.39 is 0 Å². The average molecular weight is 156 g/mol. The lowest BCUT2D eigenvalue weighted by Crippen LogP contribution is -2.61. The fourth-order valence-corrected chi connectivity index (χ4v) is 2.40. The highest BCUT2D eigenvalue weighted by atomic mass is 16.5. The molecule has 0 unspecified atom stereocenters. The van der Waals surface area contributed by atoms with Crippen LogP contribution in [0, 0.1) is 5.41 Å². The largest absolute Gasteiger partial charge is 0.392 e. The summed E-state index contributed by atoms with van der Waals surface area (Å²) in [4.78, 5) is 0. The Morgan fingerprint density at radius 1 is 1.55 bits per heavy atom. The van der Waals surface area contributed by atoms with Crippen LogP contribution in [0.25, 0.3) is 0 Å². The van der Waals surface area contributed by atoms with Crippen molar-refractivity contribution < 1.29 is 9.84 Å². The minimum atomic E-state index is -0.0622. The van der Waals surface area contributed by atoms with E-state index >= 15 is 0 Å². The number of hydrogen-bond donors (Lipinski definition) is 1. The summed E-state index contributed by atoms with van der Waals surface area (Å²) >= 11 is 0. The van der Waals surface area contributed by atoms with Gasteiger partial charge in [0.1, 0.15) is 0 Å². The predicted octanol–water partition coefficient (Wildman–Crippen LogP) is 1.33. The fraction of sp³-hybridized carbons (Fsp3) is 1.00. The third-order valence-corrected chi connectivity index (χ3v) is 3.39. The summed E-state index contributed by atoms with van der Waals surface area (Å²) in [5, 5.41) is 9.54. The lowest BCUT2D eigenvalue weighted by molar-refractivity contribution is -0.224. The van der Waals surface area contributed by atoms with Crippen LogP contribution in [-0.2, 0) is 4.74 Å². The first-order valence-corrected chi connectivity index (χ1v) is 4.59. The molecule has 2 nitrogen and oxygen atoms in total. The van der Waals surface area contributed by atoms with Crippen LogP contribution < -0.4 is 0 Å². The second kappa shape index (κ2) is 2.46. The first-order chi connectivity index (χ1) is 5.29. The van der Waals surface area contributed by atoms with Gasteiger partial charge in [0.25, 0.3) is 0 Å². The van der Waals surface area contributed by atoms with Crippen molar-refractivity contribution in [2.24, 2.45) is 5.41 Å². The minimum Gasteiger partial charge on any atom is -0.392 e. The van der Waals surface area contributed by atoms with E-state index in [9.17, 15) is 5.11 Å². The van der Waals surface area contributed by atoms with Crippen LogP contribution in [0.1, 0.15) is 32.6 Å². The zero-order valence-corrected chi connectivity index (χ0v) is 7.05. The van der Waals surface area contributed by atoms with E-state index in [0.29, 0.717) is 6.10 Å². The average Bonchev–Trinajstić information content (AvgIpc) is 1.83. The van der Waals surface area contributed by atoms with Crippen LogP contribution in [0.4, 0.5) is 0 Å². The lowest BCUT2D eigenvalue weighted by Gasteiger charge is -2.58. The van der Waals surface area contributed by atoms with Gasteiger partial charge in [-0.15, -0.1) is 0 Å². The molecule has 1 N–H and O–H groups in total. The summed E-state index contributed by atoms with van der Waals surface area (Å²) in [5.41, 5.74) is 0.204. The van der Waals surface area contributed by atoms with Gasteiger partial charge in [0, 0.05) is 18.4 Å². The van der Waals surface area contributed by atoms with Crippen molar-refractivity contribution in [2.45, 2.75) is 44.8 Å². The maximum Gasteiger partial charge on any atom is 0.0680 e. The molecule has 64 valence electrons. The summed E-state index contributed by atoms with van der Waals surface area (Å²) in [6.45, 7) is 2.82. The molecule has 0 aromatic heterocycles. The van der Waals surface area contributed by atoms with E-state index in [0.717, 1.165) is 13.0 Å². The second-order valence-corrected chi connectivity index (χ2v) is 3.78.